The smallest absolute Gasteiger partial charge is 0.143 e. The quantitative estimate of drug-likeness (QED) is 0.156. The number of hydrogen-bond acceptors (Lipinski definition) is 3. The van der Waals surface area contributed by atoms with Crippen LogP contribution >= 0.6 is 0 Å². The molecular weight excluding hydrogens is 865 g/mol. The number of furan rings is 2. The number of para-hydroxylation sites is 7. The number of aromatic nitrogens is 2. The second-order valence-corrected chi connectivity index (χ2v) is 18.5. The molecule has 0 unspecified atom stereocenters. The van der Waals surface area contributed by atoms with Gasteiger partial charge in [-0.05, 0) is 82.4 Å². The van der Waals surface area contributed by atoms with Crippen molar-refractivity contribution in [2.24, 2.45) is 0 Å². The minimum absolute atomic E-state index is 0.877. The van der Waals surface area contributed by atoms with Crippen molar-refractivity contribution in [3.8, 4) is 61.5 Å². The van der Waals surface area contributed by atoms with E-state index in [0.717, 1.165) is 122 Å². The van der Waals surface area contributed by atoms with Gasteiger partial charge in [0.1, 0.15) is 22.3 Å². The predicted molar refractivity (Wildman–Crippen MR) is 295 cm³/mol. The molecule has 0 aliphatic heterocycles. The molecule has 15 rings (SSSR count). The van der Waals surface area contributed by atoms with Crippen molar-refractivity contribution in [3.05, 3.63) is 243 Å². The van der Waals surface area contributed by atoms with Crippen LogP contribution < -0.4 is 0 Å². The Morgan fingerprint density at radius 1 is 0.296 bits per heavy atom. The molecule has 4 aromatic heterocycles. The lowest BCUT2D eigenvalue weighted by molar-refractivity contribution is 0.670. The summed E-state index contributed by atoms with van der Waals surface area (Å²) in [4.78, 5) is 5.63. The molecule has 4 nitrogen and oxygen atoms in total. The Morgan fingerprint density at radius 2 is 0.817 bits per heavy atom. The maximum atomic E-state index is 6.64. The Bertz CT molecular complexity index is 4480. The van der Waals surface area contributed by atoms with Crippen molar-refractivity contribution in [3.63, 3.8) is 0 Å². The van der Waals surface area contributed by atoms with Crippen LogP contribution in [0, 0.1) is 0 Å². The van der Waals surface area contributed by atoms with Gasteiger partial charge in [-0.2, -0.15) is 0 Å². The first kappa shape index (κ1) is 39.5. The van der Waals surface area contributed by atoms with Gasteiger partial charge in [0.05, 0.1) is 22.2 Å². The number of hydrogen-bond donors (Lipinski definition) is 0. The van der Waals surface area contributed by atoms with E-state index in [4.69, 9.17) is 13.8 Å². The second kappa shape index (κ2) is 15.5. The van der Waals surface area contributed by atoms with Crippen LogP contribution in [-0.2, 0) is 0 Å². The summed E-state index contributed by atoms with van der Waals surface area (Å²) < 4.78 is 15.7. The highest BCUT2D eigenvalue weighted by atomic mass is 16.3. The Balaban J connectivity index is 0.936. The highest BCUT2D eigenvalue weighted by Gasteiger charge is 2.22. The zero-order valence-electron chi connectivity index (χ0n) is 38.3. The van der Waals surface area contributed by atoms with E-state index in [1.54, 1.807) is 0 Å². The summed E-state index contributed by atoms with van der Waals surface area (Å²) in [5, 5.41) is 10.3. The van der Waals surface area contributed by atoms with Crippen molar-refractivity contribution in [2.75, 3.05) is 0 Å². The molecule has 0 spiro atoms. The summed E-state index contributed by atoms with van der Waals surface area (Å²) in [6, 6.07) is 86.7. The minimum atomic E-state index is 0.877. The molecule has 0 bridgehead atoms. The molecule has 0 amide bonds. The van der Waals surface area contributed by atoms with E-state index < -0.39 is 0 Å². The number of rotatable bonds is 6. The van der Waals surface area contributed by atoms with Gasteiger partial charge in [-0.1, -0.05) is 188 Å². The Kier molecular flexibility index (Phi) is 8.62. The first-order chi connectivity index (χ1) is 35.2. The maximum Gasteiger partial charge on any atom is 0.143 e. The van der Waals surface area contributed by atoms with Crippen molar-refractivity contribution < 1.29 is 8.83 Å². The number of nitrogens with zero attached hydrogens (tertiary/aromatic N) is 2. The molecule has 0 aliphatic rings. The van der Waals surface area contributed by atoms with Crippen molar-refractivity contribution in [1.82, 2.24) is 9.55 Å². The van der Waals surface area contributed by atoms with Gasteiger partial charge in [0.2, 0.25) is 0 Å². The van der Waals surface area contributed by atoms with Crippen LogP contribution in [-0.4, -0.2) is 9.55 Å². The van der Waals surface area contributed by atoms with Crippen LogP contribution in [0.1, 0.15) is 0 Å². The van der Waals surface area contributed by atoms with Gasteiger partial charge < -0.3 is 13.4 Å². The third kappa shape index (κ3) is 6.08. The zero-order valence-corrected chi connectivity index (χ0v) is 38.3. The molecule has 4 heteroatoms. The SMILES string of the molecule is c1ccc(-c2nc3c(-c4ccc(-c5cc(-c6cccc7c6oc6ccccc67)cc(-c6cccc7c6oc6ccccc67)c5)cc4)cccc3c3c2ccc2c3c3ccccc3n2-c2ccccc2)cc1. The molecule has 4 heterocycles. The van der Waals surface area contributed by atoms with Crippen LogP contribution in [0.3, 0.4) is 0 Å². The first-order valence-electron chi connectivity index (χ1n) is 24.2. The van der Waals surface area contributed by atoms with E-state index in [0.29, 0.717) is 0 Å². The average molecular weight is 905 g/mol. The molecule has 0 fully saturated rings. The van der Waals surface area contributed by atoms with Gasteiger partial charge in [0.15, 0.2) is 0 Å². The third-order valence-electron chi connectivity index (χ3n) is 14.6. The van der Waals surface area contributed by atoms with Crippen molar-refractivity contribution >= 4 is 87.4 Å². The highest BCUT2D eigenvalue weighted by molar-refractivity contribution is 6.30. The lowest BCUT2D eigenvalue weighted by atomic mass is 9.91. The largest absolute Gasteiger partial charge is 0.455 e. The fraction of sp³-hybridized carbons (Fsp3) is 0. The van der Waals surface area contributed by atoms with Gasteiger partial charge in [-0.25, -0.2) is 4.98 Å². The summed E-state index contributed by atoms with van der Waals surface area (Å²) in [6.45, 7) is 0. The molecule has 0 aliphatic carbocycles. The van der Waals surface area contributed by atoms with E-state index >= 15 is 0 Å². The molecule has 11 aromatic carbocycles. The Hall–Kier alpha value is -9.51. The minimum Gasteiger partial charge on any atom is -0.455 e. The Morgan fingerprint density at radius 3 is 1.48 bits per heavy atom. The molecule has 0 saturated carbocycles. The summed E-state index contributed by atoms with van der Waals surface area (Å²) >= 11 is 0. The molecular formula is C67H40N2O2. The number of benzene rings is 11. The molecule has 0 radical (unpaired) electrons. The summed E-state index contributed by atoms with van der Waals surface area (Å²) in [6.07, 6.45) is 0. The summed E-state index contributed by atoms with van der Waals surface area (Å²) in [5.74, 6) is 0. The van der Waals surface area contributed by atoms with E-state index in [9.17, 15) is 0 Å². The molecule has 0 N–H and O–H groups in total. The molecule has 330 valence electrons. The molecule has 15 aromatic rings. The highest BCUT2D eigenvalue weighted by Crippen LogP contribution is 2.46. The zero-order chi connectivity index (χ0) is 46.6. The van der Waals surface area contributed by atoms with Gasteiger partial charge >= 0.3 is 0 Å². The lowest BCUT2D eigenvalue weighted by Gasteiger charge is -2.15. The fourth-order valence-corrected chi connectivity index (χ4v) is 11.4. The molecule has 71 heavy (non-hydrogen) atoms. The first-order valence-corrected chi connectivity index (χ1v) is 24.2. The number of pyridine rings is 1. The fourth-order valence-electron chi connectivity index (χ4n) is 11.4. The standard InChI is InChI=1S/C67H40N2O2/c1-3-16-43(17-4-1)64-57-36-37-59-63(55-22-7-10-29-58(55)69(59)47-18-5-2-6-19-47)62(57)56-28-13-23-48(65(56)68-64)42-34-32-41(33-35-42)44-38-45(49-24-14-26-53-51-20-8-11-30-60(51)70-66(49)53)40-46(39-44)50-25-15-27-54-52-21-9-12-31-61(52)71-67(50)54/h1-40H. The third-order valence-corrected chi connectivity index (χ3v) is 14.6. The van der Waals surface area contributed by atoms with Gasteiger partial charge in [0.25, 0.3) is 0 Å². The topological polar surface area (TPSA) is 44.1 Å². The van der Waals surface area contributed by atoms with Crippen molar-refractivity contribution in [1.29, 1.82) is 0 Å². The summed E-state index contributed by atoms with van der Waals surface area (Å²) in [5.41, 5.74) is 18.6. The average Bonchev–Trinajstić information content (AvgIpc) is 4.13. The number of fused-ring (bicyclic) bond motifs is 13. The predicted octanol–water partition coefficient (Wildman–Crippen LogP) is 18.6. The van der Waals surface area contributed by atoms with Gasteiger partial charge in [0, 0.05) is 76.4 Å². The van der Waals surface area contributed by atoms with E-state index in [-0.39, 0.29) is 0 Å². The Labute approximate surface area is 407 Å². The van der Waals surface area contributed by atoms with Crippen molar-refractivity contribution in [2.45, 2.75) is 0 Å². The van der Waals surface area contributed by atoms with Crippen LogP contribution in [0.25, 0.3) is 149 Å². The second-order valence-electron chi connectivity index (χ2n) is 18.5. The van der Waals surface area contributed by atoms with E-state index in [1.807, 2.05) is 24.3 Å². The van der Waals surface area contributed by atoms with Crippen LogP contribution in [0.15, 0.2) is 251 Å². The lowest BCUT2D eigenvalue weighted by Crippen LogP contribution is -1.95. The normalized spacial score (nSPS) is 11.9. The van der Waals surface area contributed by atoms with Gasteiger partial charge in [-0.15, -0.1) is 0 Å². The van der Waals surface area contributed by atoms with E-state index in [1.165, 1.54) is 27.2 Å². The van der Waals surface area contributed by atoms with E-state index in [2.05, 4.69) is 223 Å². The molecule has 0 saturated heterocycles. The van der Waals surface area contributed by atoms with Crippen LogP contribution in [0.4, 0.5) is 0 Å². The van der Waals surface area contributed by atoms with Crippen LogP contribution in [0.2, 0.25) is 0 Å². The summed E-state index contributed by atoms with van der Waals surface area (Å²) in [7, 11) is 0. The van der Waals surface area contributed by atoms with Crippen LogP contribution in [0.5, 0.6) is 0 Å². The molecule has 0 atom stereocenters. The van der Waals surface area contributed by atoms with Gasteiger partial charge in [-0.3, -0.25) is 0 Å². The maximum absolute atomic E-state index is 6.64. The monoisotopic (exact) mass is 904 g/mol.